The highest BCUT2D eigenvalue weighted by Crippen LogP contribution is 2.20. The topological polar surface area (TPSA) is 52.7 Å². The zero-order valence-electron chi connectivity index (χ0n) is 16.3. The summed E-state index contributed by atoms with van der Waals surface area (Å²) in [5, 5.41) is 4.09. The molecule has 0 aliphatic heterocycles. The third-order valence-corrected chi connectivity index (χ3v) is 4.89. The standard InChI is InChI=1S/C21H25Cl2N3O2/c1-4-26(13-20(27)24-19-11-18(23)8-5-15(19)2)14-21(28)25(3)12-16-6-9-17(22)10-7-16/h5-11H,4,12-14H2,1-3H3,(H,24,27). The van der Waals surface area contributed by atoms with Gasteiger partial charge in [0.2, 0.25) is 11.8 Å². The Balaban J connectivity index is 1.89. The molecule has 0 unspecified atom stereocenters. The number of likely N-dealkylation sites (N-methyl/N-ethyl adjacent to an activating group) is 2. The molecule has 0 aliphatic rings. The van der Waals surface area contributed by atoms with Crippen molar-refractivity contribution in [1.82, 2.24) is 9.80 Å². The number of amides is 2. The van der Waals surface area contributed by atoms with Crippen LogP contribution in [-0.4, -0.2) is 48.3 Å². The maximum atomic E-state index is 12.5. The molecule has 28 heavy (non-hydrogen) atoms. The Labute approximate surface area is 176 Å². The van der Waals surface area contributed by atoms with Crippen molar-refractivity contribution in [3.05, 3.63) is 63.6 Å². The van der Waals surface area contributed by atoms with Crippen LogP contribution in [0.25, 0.3) is 0 Å². The van der Waals surface area contributed by atoms with Crippen LogP contribution in [0.3, 0.4) is 0 Å². The van der Waals surface area contributed by atoms with E-state index >= 15 is 0 Å². The molecule has 0 saturated carbocycles. The van der Waals surface area contributed by atoms with Gasteiger partial charge in [0.05, 0.1) is 13.1 Å². The van der Waals surface area contributed by atoms with E-state index in [2.05, 4.69) is 5.32 Å². The molecule has 0 atom stereocenters. The molecule has 1 N–H and O–H groups in total. The Morgan fingerprint density at radius 3 is 2.29 bits per heavy atom. The van der Waals surface area contributed by atoms with Crippen LogP contribution < -0.4 is 5.32 Å². The number of anilines is 1. The van der Waals surface area contributed by atoms with Crippen LogP contribution in [0, 0.1) is 6.92 Å². The first kappa shape index (κ1) is 22.2. The minimum Gasteiger partial charge on any atom is -0.340 e. The van der Waals surface area contributed by atoms with E-state index in [1.807, 2.05) is 32.0 Å². The zero-order chi connectivity index (χ0) is 20.7. The van der Waals surface area contributed by atoms with Gasteiger partial charge in [-0.25, -0.2) is 0 Å². The Morgan fingerprint density at radius 2 is 1.64 bits per heavy atom. The first-order chi connectivity index (χ1) is 13.3. The van der Waals surface area contributed by atoms with Crippen LogP contribution in [0.1, 0.15) is 18.1 Å². The molecule has 2 aromatic rings. The zero-order valence-corrected chi connectivity index (χ0v) is 17.8. The third-order valence-electron chi connectivity index (χ3n) is 4.41. The van der Waals surface area contributed by atoms with Crippen LogP contribution in [0.2, 0.25) is 10.0 Å². The maximum Gasteiger partial charge on any atom is 0.238 e. The van der Waals surface area contributed by atoms with Gasteiger partial charge >= 0.3 is 0 Å². The van der Waals surface area contributed by atoms with Gasteiger partial charge in [-0.05, 0) is 48.9 Å². The summed E-state index contributed by atoms with van der Waals surface area (Å²) in [6, 6.07) is 12.7. The van der Waals surface area contributed by atoms with E-state index in [1.165, 1.54) is 0 Å². The summed E-state index contributed by atoms with van der Waals surface area (Å²) in [6.07, 6.45) is 0. The van der Waals surface area contributed by atoms with E-state index in [-0.39, 0.29) is 24.9 Å². The molecule has 150 valence electrons. The highest BCUT2D eigenvalue weighted by Gasteiger charge is 2.17. The summed E-state index contributed by atoms with van der Waals surface area (Å²) >= 11 is 11.9. The minimum absolute atomic E-state index is 0.0523. The lowest BCUT2D eigenvalue weighted by Gasteiger charge is -2.24. The second-order valence-electron chi connectivity index (χ2n) is 6.69. The molecule has 0 aromatic heterocycles. The van der Waals surface area contributed by atoms with Gasteiger partial charge < -0.3 is 10.2 Å². The highest BCUT2D eigenvalue weighted by atomic mass is 35.5. The largest absolute Gasteiger partial charge is 0.340 e. The number of hydrogen-bond acceptors (Lipinski definition) is 3. The quantitative estimate of drug-likeness (QED) is 0.693. The summed E-state index contributed by atoms with van der Waals surface area (Å²) < 4.78 is 0. The van der Waals surface area contributed by atoms with Gasteiger partial charge in [0.25, 0.3) is 0 Å². The number of carbonyl (C=O) groups is 2. The van der Waals surface area contributed by atoms with Crippen molar-refractivity contribution >= 4 is 40.7 Å². The summed E-state index contributed by atoms with van der Waals surface area (Å²) in [5.41, 5.74) is 2.61. The van der Waals surface area contributed by atoms with E-state index < -0.39 is 0 Å². The van der Waals surface area contributed by atoms with E-state index in [0.29, 0.717) is 28.8 Å². The van der Waals surface area contributed by atoms with Crippen molar-refractivity contribution in [3.63, 3.8) is 0 Å². The number of carbonyl (C=O) groups excluding carboxylic acids is 2. The van der Waals surface area contributed by atoms with Crippen LogP contribution in [-0.2, 0) is 16.1 Å². The molecule has 0 saturated heterocycles. The summed E-state index contributed by atoms with van der Waals surface area (Å²) in [4.78, 5) is 28.4. The van der Waals surface area contributed by atoms with Gasteiger partial charge in [-0.2, -0.15) is 0 Å². The van der Waals surface area contributed by atoms with E-state index in [0.717, 1.165) is 11.1 Å². The number of benzene rings is 2. The smallest absolute Gasteiger partial charge is 0.238 e. The Morgan fingerprint density at radius 1 is 1.00 bits per heavy atom. The Kier molecular flexibility index (Phi) is 8.30. The molecular formula is C21H25Cl2N3O2. The van der Waals surface area contributed by atoms with Gasteiger partial charge in [-0.3, -0.25) is 14.5 Å². The Bertz CT molecular complexity index is 825. The van der Waals surface area contributed by atoms with Crippen molar-refractivity contribution < 1.29 is 9.59 Å². The average Bonchev–Trinajstić information content (AvgIpc) is 2.65. The maximum absolute atomic E-state index is 12.5. The van der Waals surface area contributed by atoms with E-state index in [4.69, 9.17) is 23.2 Å². The fourth-order valence-electron chi connectivity index (χ4n) is 2.67. The molecule has 0 radical (unpaired) electrons. The second-order valence-corrected chi connectivity index (χ2v) is 7.56. The molecule has 7 heteroatoms. The summed E-state index contributed by atoms with van der Waals surface area (Å²) in [7, 11) is 1.75. The SMILES string of the molecule is CCN(CC(=O)Nc1cc(Cl)ccc1C)CC(=O)N(C)Cc1ccc(Cl)cc1. The molecule has 0 fully saturated rings. The van der Waals surface area contributed by atoms with Gasteiger partial charge in [0, 0.05) is 29.3 Å². The van der Waals surface area contributed by atoms with Crippen molar-refractivity contribution in [3.8, 4) is 0 Å². The summed E-state index contributed by atoms with van der Waals surface area (Å²) in [6.45, 7) is 5.19. The fraction of sp³-hybridized carbons (Fsp3) is 0.333. The predicted molar refractivity (Wildman–Crippen MR) is 115 cm³/mol. The third kappa shape index (κ3) is 6.82. The van der Waals surface area contributed by atoms with Gasteiger partial charge in [-0.1, -0.05) is 48.3 Å². The Hall–Kier alpha value is -2.08. The van der Waals surface area contributed by atoms with E-state index in [1.54, 1.807) is 41.1 Å². The number of rotatable bonds is 8. The molecule has 0 aliphatic carbocycles. The number of hydrogen-bond donors (Lipinski definition) is 1. The number of halogens is 2. The average molecular weight is 422 g/mol. The number of nitrogens with zero attached hydrogens (tertiary/aromatic N) is 2. The van der Waals surface area contributed by atoms with Gasteiger partial charge in [0.1, 0.15) is 0 Å². The van der Waals surface area contributed by atoms with Crippen LogP contribution in [0.5, 0.6) is 0 Å². The van der Waals surface area contributed by atoms with Crippen LogP contribution >= 0.6 is 23.2 Å². The lowest BCUT2D eigenvalue weighted by molar-refractivity contribution is -0.132. The molecular weight excluding hydrogens is 397 g/mol. The monoisotopic (exact) mass is 421 g/mol. The lowest BCUT2D eigenvalue weighted by atomic mass is 10.2. The van der Waals surface area contributed by atoms with Crippen molar-refractivity contribution in [2.24, 2.45) is 0 Å². The first-order valence-corrected chi connectivity index (χ1v) is 9.81. The normalized spacial score (nSPS) is 10.8. The lowest BCUT2D eigenvalue weighted by Crippen LogP contribution is -2.41. The number of nitrogens with one attached hydrogen (secondary N) is 1. The van der Waals surface area contributed by atoms with Crippen molar-refractivity contribution in [2.45, 2.75) is 20.4 Å². The fourth-order valence-corrected chi connectivity index (χ4v) is 2.96. The molecule has 2 amide bonds. The minimum atomic E-state index is -0.180. The predicted octanol–water partition coefficient (Wildman–Crippen LogP) is 4.22. The van der Waals surface area contributed by atoms with Crippen LogP contribution in [0.4, 0.5) is 5.69 Å². The first-order valence-electron chi connectivity index (χ1n) is 9.05. The van der Waals surface area contributed by atoms with E-state index in [9.17, 15) is 9.59 Å². The molecule has 5 nitrogen and oxygen atoms in total. The molecule has 2 rings (SSSR count). The van der Waals surface area contributed by atoms with Crippen molar-refractivity contribution in [1.29, 1.82) is 0 Å². The molecule has 0 spiro atoms. The molecule has 2 aromatic carbocycles. The summed E-state index contributed by atoms with van der Waals surface area (Å²) in [5.74, 6) is -0.232. The highest BCUT2D eigenvalue weighted by molar-refractivity contribution is 6.31. The molecule has 0 heterocycles. The van der Waals surface area contributed by atoms with Gasteiger partial charge in [0.15, 0.2) is 0 Å². The second kappa shape index (κ2) is 10.5. The molecule has 0 bridgehead atoms. The van der Waals surface area contributed by atoms with Crippen LogP contribution in [0.15, 0.2) is 42.5 Å². The van der Waals surface area contributed by atoms with Crippen molar-refractivity contribution in [2.75, 3.05) is 32.0 Å². The van der Waals surface area contributed by atoms with Gasteiger partial charge in [-0.15, -0.1) is 0 Å². The number of aryl methyl sites for hydroxylation is 1.